The molecule has 1 aliphatic carbocycles. The number of Topliss-reactive ketones (excluding diaryl/α,β-unsaturated/α-hetero) is 1. The molecule has 0 radical (unpaired) electrons. The minimum absolute atomic E-state index is 0.223. The van der Waals surface area contributed by atoms with Crippen molar-refractivity contribution in [1.82, 2.24) is 0 Å². The van der Waals surface area contributed by atoms with Gasteiger partial charge in [-0.25, -0.2) is 0 Å². The van der Waals surface area contributed by atoms with Crippen LogP contribution in [0.5, 0.6) is 0 Å². The van der Waals surface area contributed by atoms with Gasteiger partial charge in [-0.15, -0.1) is 0 Å². The highest BCUT2D eigenvalue weighted by Crippen LogP contribution is 2.38. The molecular formula is C15H20O2. The van der Waals surface area contributed by atoms with E-state index in [-0.39, 0.29) is 5.78 Å². The zero-order valence-electron chi connectivity index (χ0n) is 10.4. The summed E-state index contributed by atoms with van der Waals surface area (Å²) in [6, 6.07) is 8.06. The smallest absolute Gasteiger partial charge is 0.165 e. The first-order chi connectivity index (χ1) is 8.33. The third kappa shape index (κ3) is 2.95. The lowest BCUT2D eigenvalue weighted by molar-refractivity contribution is 0.0894. The Morgan fingerprint density at radius 3 is 2.76 bits per heavy atom. The molecule has 0 N–H and O–H groups in total. The van der Waals surface area contributed by atoms with Crippen molar-refractivity contribution in [3.05, 3.63) is 35.4 Å². The van der Waals surface area contributed by atoms with Gasteiger partial charge in [0.05, 0.1) is 6.61 Å². The van der Waals surface area contributed by atoms with Crippen molar-refractivity contribution >= 4 is 5.78 Å². The molecule has 2 rings (SSSR count). The number of hydrogen-bond acceptors (Lipinski definition) is 2. The van der Waals surface area contributed by atoms with Gasteiger partial charge in [0.25, 0.3) is 0 Å². The lowest BCUT2D eigenvalue weighted by Crippen LogP contribution is -2.14. The van der Waals surface area contributed by atoms with Crippen LogP contribution in [-0.4, -0.2) is 19.0 Å². The molecule has 0 spiro atoms. The lowest BCUT2D eigenvalue weighted by atomic mass is 9.77. The molecule has 1 saturated carbocycles. The van der Waals surface area contributed by atoms with Crippen LogP contribution in [0.15, 0.2) is 24.3 Å². The zero-order chi connectivity index (χ0) is 12.1. The van der Waals surface area contributed by atoms with Crippen molar-refractivity contribution in [2.24, 2.45) is 0 Å². The van der Waals surface area contributed by atoms with Gasteiger partial charge in [0.15, 0.2) is 5.78 Å². The predicted molar refractivity (Wildman–Crippen MR) is 68.5 cm³/mol. The van der Waals surface area contributed by atoms with Crippen LogP contribution >= 0.6 is 0 Å². The molecule has 0 unspecified atom stereocenters. The van der Waals surface area contributed by atoms with E-state index in [1.807, 2.05) is 25.1 Å². The van der Waals surface area contributed by atoms with E-state index in [0.717, 1.165) is 5.56 Å². The van der Waals surface area contributed by atoms with Crippen molar-refractivity contribution in [3.63, 3.8) is 0 Å². The van der Waals surface area contributed by atoms with Gasteiger partial charge in [-0.3, -0.25) is 4.79 Å². The highest BCUT2D eigenvalue weighted by Gasteiger charge is 2.23. The Morgan fingerprint density at radius 2 is 2.12 bits per heavy atom. The summed E-state index contributed by atoms with van der Waals surface area (Å²) < 4.78 is 5.25. The molecule has 1 aromatic carbocycles. The summed E-state index contributed by atoms with van der Waals surface area (Å²) in [5, 5.41) is 0. The molecule has 0 aromatic heterocycles. The number of ketones is 1. The van der Waals surface area contributed by atoms with E-state index in [9.17, 15) is 4.79 Å². The van der Waals surface area contributed by atoms with Gasteiger partial charge >= 0.3 is 0 Å². The maximum Gasteiger partial charge on any atom is 0.165 e. The highest BCUT2D eigenvalue weighted by molar-refractivity contribution is 5.97. The van der Waals surface area contributed by atoms with E-state index in [2.05, 4.69) is 6.07 Å². The van der Waals surface area contributed by atoms with E-state index in [1.165, 1.54) is 24.8 Å². The maximum absolute atomic E-state index is 12.1. The van der Waals surface area contributed by atoms with Crippen LogP contribution in [0, 0.1) is 0 Å². The third-order valence-electron chi connectivity index (χ3n) is 3.48. The molecule has 0 heterocycles. The summed E-state index contributed by atoms with van der Waals surface area (Å²) in [5.74, 6) is 0.836. The quantitative estimate of drug-likeness (QED) is 0.553. The molecule has 92 valence electrons. The first-order valence-corrected chi connectivity index (χ1v) is 6.52. The van der Waals surface area contributed by atoms with E-state index in [4.69, 9.17) is 4.74 Å². The molecule has 0 bridgehead atoms. The Bertz CT molecular complexity index is 380. The SMILES string of the molecule is CCOCCC(=O)c1ccccc1C1CCC1. The van der Waals surface area contributed by atoms with Crippen molar-refractivity contribution in [2.45, 2.75) is 38.5 Å². The van der Waals surface area contributed by atoms with Crippen molar-refractivity contribution in [2.75, 3.05) is 13.2 Å². The van der Waals surface area contributed by atoms with Crippen molar-refractivity contribution < 1.29 is 9.53 Å². The number of rotatable bonds is 6. The Kier molecular flexibility index (Phi) is 4.32. The van der Waals surface area contributed by atoms with E-state index < -0.39 is 0 Å². The molecule has 0 aliphatic heterocycles. The van der Waals surface area contributed by atoms with Crippen LogP contribution in [0.1, 0.15) is 54.4 Å². The molecule has 1 aromatic rings. The fourth-order valence-electron chi connectivity index (χ4n) is 2.27. The number of ether oxygens (including phenoxy) is 1. The second kappa shape index (κ2) is 5.97. The largest absolute Gasteiger partial charge is 0.381 e. The van der Waals surface area contributed by atoms with Gasteiger partial charge in [-0.05, 0) is 31.2 Å². The van der Waals surface area contributed by atoms with Gasteiger partial charge in [0.2, 0.25) is 0 Å². The Labute approximate surface area is 103 Å². The van der Waals surface area contributed by atoms with Gasteiger partial charge < -0.3 is 4.74 Å². The Morgan fingerprint density at radius 1 is 1.35 bits per heavy atom. The average Bonchev–Trinajstić information content (AvgIpc) is 2.28. The predicted octanol–water partition coefficient (Wildman–Crippen LogP) is 3.56. The lowest BCUT2D eigenvalue weighted by Gasteiger charge is -2.27. The molecule has 1 fully saturated rings. The van der Waals surface area contributed by atoms with Crippen LogP contribution in [0.2, 0.25) is 0 Å². The summed E-state index contributed by atoms with van der Waals surface area (Å²) in [7, 11) is 0. The minimum atomic E-state index is 0.223. The van der Waals surface area contributed by atoms with Gasteiger partial charge in [-0.2, -0.15) is 0 Å². The Balaban J connectivity index is 2.05. The topological polar surface area (TPSA) is 26.3 Å². The molecule has 0 atom stereocenters. The minimum Gasteiger partial charge on any atom is -0.381 e. The van der Waals surface area contributed by atoms with Crippen LogP contribution in [-0.2, 0) is 4.74 Å². The second-order valence-corrected chi connectivity index (χ2v) is 4.59. The van der Waals surface area contributed by atoms with Crippen LogP contribution in [0.4, 0.5) is 0 Å². The fraction of sp³-hybridized carbons (Fsp3) is 0.533. The fourth-order valence-corrected chi connectivity index (χ4v) is 2.27. The first-order valence-electron chi connectivity index (χ1n) is 6.52. The van der Waals surface area contributed by atoms with Gasteiger partial charge in [0, 0.05) is 18.6 Å². The summed E-state index contributed by atoms with van der Waals surface area (Å²) >= 11 is 0. The third-order valence-corrected chi connectivity index (χ3v) is 3.48. The monoisotopic (exact) mass is 232 g/mol. The molecule has 2 heteroatoms. The standard InChI is InChI=1S/C15H20O2/c1-2-17-11-10-15(16)14-9-4-3-8-13(14)12-6-5-7-12/h3-4,8-9,12H,2,5-7,10-11H2,1H3. The maximum atomic E-state index is 12.1. The normalized spacial score (nSPS) is 15.6. The number of benzene rings is 1. The van der Waals surface area contributed by atoms with Gasteiger partial charge in [-0.1, -0.05) is 30.7 Å². The summed E-state index contributed by atoms with van der Waals surface area (Å²) in [6.07, 6.45) is 4.26. The van der Waals surface area contributed by atoms with Crippen molar-refractivity contribution in [3.8, 4) is 0 Å². The molecule has 1 aliphatic rings. The second-order valence-electron chi connectivity index (χ2n) is 4.59. The zero-order valence-corrected chi connectivity index (χ0v) is 10.4. The molecule has 0 amide bonds. The number of carbonyl (C=O) groups is 1. The summed E-state index contributed by atoms with van der Waals surface area (Å²) in [4.78, 5) is 12.1. The van der Waals surface area contributed by atoms with E-state index in [0.29, 0.717) is 25.6 Å². The Hall–Kier alpha value is -1.15. The van der Waals surface area contributed by atoms with E-state index in [1.54, 1.807) is 0 Å². The highest BCUT2D eigenvalue weighted by atomic mass is 16.5. The molecule has 0 saturated heterocycles. The van der Waals surface area contributed by atoms with Crippen LogP contribution < -0.4 is 0 Å². The van der Waals surface area contributed by atoms with Crippen LogP contribution in [0.3, 0.4) is 0 Å². The number of hydrogen-bond donors (Lipinski definition) is 0. The van der Waals surface area contributed by atoms with Gasteiger partial charge in [0.1, 0.15) is 0 Å². The van der Waals surface area contributed by atoms with E-state index >= 15 is 0 Å². The van der Waals surface area contributed by atoms with Crippen molar-refractivity contribution in [1.29, 1.82) is 0 Å². The first kappa shape index (κ1) is 12.3. The van der Waals surface area contributed by atoms with Crippen LogP contribution in [0.25, 0.3) is 0 Å². The molecule has 17 heavy (non-hydrogen) atoms. The molecule has 2 nitrogen and oxygen atoms in total. The summed E-state index contributed by atoms with van der Waals surface area (Å²) in [6.45, 7) is 3.17. The average molecular weight is 232 g/mol. The number of carbonyl (C=O) groups excluding carboxylic acids is 1. The molecular weight excluding hydrogens is 212 g/mol. The summed E-state index contributed by atoms with van der Waals surface area (Å²) in [5.41, 5.74) is 2.16.